The molecule has 2 heterocycles. The fraction of sp³-hybridized carbons (Fsp3) is 0.219. The van der Waals surface area contributed by atoms with Crippen molar-refractivity contribution in [3.63, 3.8) is 0 Å². The largest absolute Gasteiger partial charge is 0.493 e. The molecule has 4 nitrogen and oxygen atoms in total. The van der Waals surface area contributed by atoms with Gasteiger partial charge in [-0.2, -0.15) is 0 Å². The Morgan fingerprint density at radius 1 is 0.944 bits per heavy atom. The molecule has 182 valence electrons. The molecular weight excluding hydrogens is 444 g/mol. The summed E-state index contributed by atoms with van der Waals surface area (Å²) in [6, 6.07) is 23.4. The molecule has 1 N–H and O–H groups in total. The lowest BCUT2D eigenvalue weighted by Crippen LogP contribution is -2.28. The molecule has 36 heavy (non-hydrogen) atoms. The average molecular weight is 477 g/mol. The van der Waals surface area contributed by atoms with Gasteiger partial charge in [0.25, 0.3) is 0 Å². The van der Waals surface area contributed by atoms with Crippen LogP contribution in [-0.4, -0.2) is 18.6 Å². The van der Waals surface area contributed by atoms with Gasteiger partial charge in [-0.05, 0) is 83.5 Å². The van der Waals surface area contributed by atoms with Gasteiger partial charge in [-0.25, -0.2) is 0 Å². The number of rotatable bonds is 7. The van der Waals surface area contributed by atoms with Gasteiger partial charge in [0.1, 0.15) is 6.61 Å². The maximum absolute atomic E-state index is 6.16. The Hall–Kier alpha value is -3.89. The molecule has 4 heteroatoms. The van der Waals surface area contributed by atoms with Gasteiger partial charge in [0.15, 0.2) is 11.5 Å². The molecule has 5 rings (SSSR count). The van der Waals surface area contributed by atoms with E-state index in [0.717, 1.165) is 41.2 Å². The zero-order valence-corrected chi connectivity index (χ0v) is 21.1. The Labute approximate surface area is 213 Å². The third-order valence-electron chi connectivity index (χ3n) is 6.71. The molecule has 1 atom stereocenters. The van der Waals surface area contributed by atoms with Gasteiger partial charge in [0.05, 0.1) is 13.2 Å². The molecule has 0 aliphatic carbocycles. The molecule has 0 radical (unpaired) electrons. The SMILES string of the molecule is COc1cc2c(cc1OCc1ccccc1)CCNC2/C=C/c1cc(-c2cncc(C)c2)ccc1C. The highest BCUT2D eigenvalue weighted by molar-refractivity contribution is 5.69. The fourth-order valence-corrected chi connectivity index (χ4v) is 4.69. The molecule has 0 saturated heterocycles. The zero-order valence-electron chi connectivity index (χ0n) is 21.1. The van der Waals surface area contributed by atoms with Crippen LogP contribution in [0.2, 0.25) is 0 Å². The lowest BCUT2D eigenvalue weighted by Gasteiger charge is -2.26. The lowest BCUT2D eigenvalue weighted by atomic mass is 9.92. The number of nitrogens with zero attached hydrogens (tertiary/aromatic N) is 1. The van der Waals surface area contributed by atoms with Gasteiger partial charge in [-0.1, -0.05) is 54.6 Å². The number of ether oxygens (including phenoxy) is 2. The summed E-state index contributed by atoms with van der Waals surface area (Å²) in [5.41, 5.74) is 9.59. The van der Waals surface area contributed by atoms with E-state index >= 15 is 0 Å². The summed E-state index contributed by atoms with van der Waals surface area (Å²) >= 11 is 0. The summed E-state index contributed by atoms with van der Waals surface area (Å²) in [7, 11) is 1.70. The summed E-state index contributed by atoms with van der Waals surface area (Å²) in [6.45, 7) is 5.66. The Kier molecular flexibility index (Phi) is 7.15. The Morgan fingerprint density at radius 3 is 2.61 bits per heavy atom. The van der Waals surface area contributed by atoms with E-state index < -0.39 is 0 Å². The zero-order chi connectivity index (χ0) is 24.9. The van der Waals surface area contributed by atoms with Crippen LogP contribution >= 0.6 is 0 Å². The molecule has 0 saturated carbocycles. The van der Waals surface area contributed by atoms with Crippen molar-refractivity contribution in [2.45, 2.75) is 32.9 Å². The molecule has 0 spiro atoms. The van der Waals surface area contributed by atoms with Gasteiger partial charge in [0, 0.05) is 24.5 Å². The van der Waals surface area contributed by atoms with Crippen molar-refractivity contribution in [3.05, 3.63) is 119 Å². The van der Waals surface area contributed by atoms with Crippen molar-refractivity contribution in [3.8, 4) is 22.6 Å². The second kappa shape index (κ2) is 10.8. The van der Waals surface area contributed by atoms with Crippen LogP contribution in [0.5, 0.6) is 11.5 Å². The van der Waals surface area contributed by atoms with Crippen molar-refractivity contribution in [1.82, 2.24) is 10.3 Å². The second-order valence-corrected chi connectivity index (χ2v) is 9.34. The minimum Gasteiger partial charge on any atom is -0.493 e. The van der Waals surface area contributed by atoms with Crippen LogP contribution in [0.3, 0.4) is 0 Å². The van der Waals surface area contributed by atoms with Crippen molar-refractivity contribution in [2.75, 3.05) is 13.7 Å². The number of hydrogen-bond donors (Lipinski definition) is 1. The first kappa shape index (κ1) is 23.8. The Balaban J connectivity index is 1.40. The van der Waals surface area contributed by atoms with Crippen molar-refractivity contribution < 1.29 is 9.47 Å². The van der Waals surface area contributed by atoms with E-state index in [2.05, 4.69) is 84.8 Å². The molecule has 1 unspecified atom stereocenters. The highest BCUT2D eigenvalue weighted by atomic mass is 16.5. The Morgan fingerprint density at radius 2 is 1.81 bits per heavy atom. The molecule has 3 aromatic carbocycles. The van der Waals surface area contributed by atoms with E-state index in [4.69, 9.17) is 9.47 Å². The molecule has 0 fully saturated rings. The van der Waals surface area contributed by atoms with Crippen molar-refractivity contribution >= 4 is 6.08 Å². The predicted octanol–water partition coefficient (Wildman–Crippen LogP) is 6.85. The molecule has 4 aromatic rings. The van der Waals surface area contributed by atoms with Gasteiger partial charge in [0.2, 0.25) is 0 Å². The van der Waals surface area contributed by atoms with E-state index in [1.165, 1.54) is 27.8 Å². The fourth-order valence-electron chi connectivity index (χ4n) is 4.69. The van der Waals surface area contributed by atoms with Crippen LogP contribution in [0, 0.1) is 13.8 Å². The maximum Gasteiger partial charge on any atom is 0.161 e. The van der Waals surface area contributed by atoms with Crippen LogP contribution in [0.4, 0.5) is 0 Å². The van der Waals surface area contributed by atoms with Crippen LogP contribution in [0.15, 0.2) is 85.2 Å². The summed E-state index contributed by atoms with van der Waals surface area (Å²) in [4.78, 5) is 4.36. The number of aromatic nitrogens is 1. The van der Waals surface area contributed by atoms with Gasteiger partial charge >= 0.3 is 0 Å². The third kappa shape index (κ3) is 5.34. The molecular formula is C32H32N2O2. The summed E-state index contributed by atoms with van der Waals surface area (Å²) < 4.78 is 11.9. The second-order valence-electron chi connectivity index (χ2n) is 9.34. The number of aryl methyl sites for hydroxylation is 2. The number of hydrogen-bond acceptors (Lipinski definition) is 4. The number of fused-ring (bicyclic) bond motifs is 1. The summed E-state index contributed by atoms with van der Waals surface area (Å²) in [5.74, 6) is 1.55. The van der Waals surface area contributed by atoms with E-state index in [-0.39, 0.29) is 6.04 Å². The van der Waals surface area contributed by atoms with Gasteiger partial charge < -0.3 is 14.8 Å². The standard InChI is InChI=1S/C32H32N2O2/c1-22-15-28(20-33-19-22)26-10-9-23(2)25(16-26)11-12-30-29-18-31(35-3)32(17-27(29)13-14-34-30)36-21-24-7-5-4-6-8-24/h4-12,15-20,30,34H,13-14,21H2,1-3H3/b12-11+. The molecule has 1 aliphatic heterocycles. The average Bonchev–Trinajstić information content (AvgIpc) is 2.91. The minimum atomic E-state index is 0.106. The van der Waals surface area contributed by atoms with E-state index in [1.807, 2.05) is 30.6 Å². The van der Waals surface area contributed by atoms with E-state index in [1.54, 1.807) is 7.11 Å². The lowest BCUT2D eigenvalue weighted by molar-refractivity contribution is 0.283. The third-order valence-corrected chi connectivity index (χ3v) is 6.71. The molecule has 1 aliphatic rings. The van der Waals surface area contributed by atoms with Crippen LogP contribution < -0.4 is 14.8 Å². The van der Waals surface area contributed by atoms with Gasteiger partial charge in [-0.3, -0.25) is 4.98 Å². The molecule has 0 bridgehead atoms. The van der Waals surface area contributed by atoms with Crippen LogP contribution in [-0.2, 0) is 13.0 Å². The van der Waals surface area contributed by atoms with Crippen LogP contribution in [0.25, 0.3) is 17.2 Å². The smallest absolute Gasteiger partial charge is 0.161 e. The first-order valence-corrected chi connectivity index (χ1v) is 12.4. The predicted molar refractivity (Wildman–Crippen MR) is 146 cm³/mol. The monoisotopic (exact) mass is 476 g/mol. The summed E-state index contributed by atoms with van der Waals surface area (Å²) in [6.07, 6.45) is 9.24. The number of nitrogens with one attached hydrogen (secondary N) is 1. The normalized spacial score (nSPS) is 15.0. The first-order chi connectivity index (χ1) is 17.6. The maximum atomic E-state index is 6.16. The highest BCUT2D eigenvalue weighted by Gasteiger charge is 2.21. The minimum absolute atomic E-state index is 0.106. The van der Waals surface area contributed by atoms with E-state index in [9.17, 15) is 0 Å². The van der Waals surface area contributed by atoms with Crippen molar-refractivity contribution in [1.29, 1.82) is 0 Å². The van der Waals surface area contributed by atoms with Crippen molar-refractivity contribution in [2.24, 2.45) is 0 Å². The summed E-state index contributed by atoms with van der Waals surface area (Å²) in [5, 5.41) is 3.65. The van der Waals surface area contributed by atoms with Gasteiger partial charge in [-0.15, -0.1) is 0 Å². The quantitative estimate of drug-likeness (QED) is 0.317. The Bertz CT molecular complexity index is 1380. The number of methoxy groups -OCH3 is 1. The number of benzene rings is 3. The molecule has 0 amide bonds. The molecule has 1 aromatic heterocycles. The topological polar surface area (TPSA) is 43.4 Å². The first-order valence-electron chi connectivity index (χ1n) is 12.4. The highest BCUT2D eigenvalue weighted by Crippen LogP contribution is 2.36. The van der Waals surface area contributed by atoms with E-state index in [0.29, 0.717) is 6.61 Å². The number of pyridine rings is 1. The van der Waals surface area contributed by atoms with Crippen LogP contribution in [0.1, 0.15) is 39.4 Å².